The molecule has 2 fully saturated rings. The second-order valence-electron chi connectivity index (χ2n) is 5.89. The molecule has 1 amide bonds. The molecule has 1 saturated heterocycles. The van der Waals surface area contributed by atoms with Gasteiger partial charge >= 0.3 is 0 Å². The lowest BCUT2D eigenvalue weighted by Crippen LogP contribution is -2.30. The van der Waals surface area contributed by atoms with E-state index in [1.807, 2.05) is 0 Å². The van der Waals surface area contributed by atoms with E-state index in [0.717, 1.165) is 12.8 Å². The molecular formula is C15H16N4O2. The van der Waals surface area contributed by atoms with Crippen LogP contribution in [0.4, 0.5) is 0 Å². The van der Waals surface area contributed by atoms with Gasteiger partial charge in [-0.15, -0.1) is 0 Å². The number of hydrogen-bond donors (Lipinski definition) is 1. The van der Waals surface area contributed by atoms with E-state index in [9.17, 15) is 9.90 Å². The van der Waals surface area contributed by atoms with Crippen molar-refractivity contribution >= 4 is 5.91 Å². The number of pyridine rings is 1. The lowest BCUT2D eigenvalue weighted by atomic mass is 10.0. The van der Waals surface area contributed by atoms with E-state index < -0.39 is 6.10 Å². The van der Waals surface area contributed by atoms with Gasteiger partial charge in [-0.05, 0) is 31.0 Å². The molecule has 2 aliphatic rings. The Morgan fingerprint density at radius 3 is 2.86 bits per heavy atom. The third-order valence-electron chi connectivity index (χ3n) is 4.52. The summed E-state index contributed by atoms with van der Waals surface area (Å²) in [5.74, 6) is 0.440. The zero-order chi connectivity index (χ0) is 14.4. The third-order valence-corrected chi connectivity index (χ3v) is 4.52. The quantitative estimate of drug-likeness (QED) is 0.888. The van der Waals surface area contributed by atoms with Gasteiger partial charge in [-0.3, -0.25) is 4.79 Å². The van der Waals surface area contributed by atoms with Gasteiger partial charge in [-0.2, -0.15) is 5.10 Å². The minimum atomic E-state index is -0.397. The van der Waals surface area contributed by atoms with E-state index in [1.165, 1.54) is 0 Å². The van der Waals surface area contributed by atoms with Gasteiger partial charge in [-0.1, -0.05) is 0 Å². The summed E-state index contributed by atoms with van der Waals surface area (Å²) in [5.41, 5.74) is 0.482. The van der Waals surface area contributed by atoms with Crippen LogP contribution in [0.2, 0.25) is 0 Å². The van der Waals surface area contributed by atoms with Gasteiger partial charge in [0.15, 0.2) is 5.82 Å². The second-order valence-corrected chi connectivity index (χ2v) is 5.89. The van der Waals surface area contributed by atoms with E-state index in [1.54, 1.807) is 46.4 Å². The zero-order valence-corrected chi connectivity index (χ0v) is 11.5. The van der Waals surface area contributed by atoms with E-state index in [4.69, 9.17) is 0 Å². The number of aliphatic hydroxyl groups excluding tert-OH is 1. The van der Waals surface area contributed by atoms with Crippen molar-refractivity contribution in [2.24, 2.45) is 5.41 Å². The molecule has 1 saturated carbocycles. The third kappa shape index (κ3) is 1.94. The number of aliphatic hydroxyl groups is 1. The van der Waals surface area contributed by atoms with E-state index >= 15 is 0 Å². The molecule has 2 aromatic heterocycles. The molecular weight excluding hydrogens is 268 g/mol. The van der Waals surface area contributed by atoms with Gasteiger partial charge in [0.25, 0.3) is 5.91 Å². The van der Waals surface area contributed by atoms with Crippen molar-refractivity contribution < 1.29 is 9.90 Å². The molecule has 0 aromatic carbocycles. The largest absolute Gasteiger partial charge is 0.391 e. The van der Waals surface area contributed by atoms with Crippen LogP contribution in [0.3, 0.4) is 0 Å². The van der Waals surface area contributed by atoms with Gasteiger partial charge in [0.2, 0.25) is 0 Å². The highest BCUT2D eigenvalue weighted by Crippen LogP contribution is 2.52. The lowest BCUT2D eigenvalue weighted by Gasteiger charge is -2.17. The topological polar surface area (TPSA) is 71.2 Å². The van der Waals surface area contributed by atoms with Crippen LogP contribution in [-0.4, -0.2) is 49.9 Å². The van der Waals surface area contributed by atoms with E-state index in [-0.39, 0.29) is 11.3 Å². The Labute approximate surface area is 122 Å². The Hall–Kier alpha value is -2.21. The molecule has 4 rings (SSSR count). The Bertz CT molecular complexity index is 679. The van der Waals surface area contributed by atoms with Crippen molar-refractivity contribution in [2.45, 2.75) is 18.9 Å². The maximum absolute atomic E-state index is 12.8. The van der Waals surface area contributed by atoms with Crippen molar-refractivity contribution in [3.63, 3.8) is 0 Å². The average molecular weight is 284 g/mol. The van der Waals surface area contributed by atoms with Gasteiger partial charge < -0.3 is 10.0 Å². The SMILES string of the molecule is O=C(c1cccnc1-n1cccn1)N1CC(O)C2(CC2)C1. The second kappa shape index (κ2) is 4.39. The highest BCUT2D eigenvalue weighted by Gasteiger charge is 2.55. The monoisotopic (exact) mass is 284 g/mol. The average Bonchev–Trinajstić information content (AvgIpc) is 2.96. The molecule has 1 atom stereocenters. The minimum Gasteiger partial charge on any atom is -0.391 e. The molecule has 6 nitrogen and oxygen atoms in total. The number of carbonyl (C=O) groups excluding carboxylic acids is 1. The number of likely N-dealkylation sites (tertiary alicyclic amines) is 1. The summed E-state index contributed by atoms with van der Waals surface area (Å²) in [6.45, 7) is 1.05. The normalized spacial score (nSPS) is 22.7. The van der Waals surface area contributed by atoms with Crippen LogP contribution < -0.4 is 0 Å². The maximum Gasteiger partial charge on any atom is 0.257 e. The molecule has 2 aromatic rings. The van der Waals surface area contributed by atoms with Gasteiger partial charge in [0.05, 0.1) is 11.7 Å². The molecule has 1 aliphatic heterocycles. The van der Waals surface area contributed by atoms with Gasteiger partial charge in [0.1, 0.15) is 0 Å². The van der Waals surface area contributed by atoms with Crippen LogP contribution >= 0.6 is 0 Å². The van der Waals surface area contributed by atoms with Crippen molar-refractivity contribution in [1.82, 2.24) is 19.7 Å². The molecule has 108 valence electrons. The highest BCUT2D eigenvalue weighted by molar-refractivity contribution is 5.97. The van der Waals surface area contributed by atoms with Crippen LogP contribution in [0.25, 0.3) is 5.82 Å². The molecule has 21 heavy (non-hydrogen) atoms. The molecule has 3 heterocycles. The first-order valence-corrected chi connectivity index (χ1v) is 7.12. The van der Waals surface area contributed by atoms with Crippen molar-refractivity contribution in [2.75, 3.05) is 13.1 Å². The molecule has 6 heteroatoms. The Balaban J connectivity index is 1.66. The van der Waals surface area contributed by atoms with Crippen LogP contribution in [-0.2, 0) is 0 Å². The van der Waals surface area contributed by atoms with Crippen molar-refractivity contribution in [1.29, 1.82) is 0 Å². The van der Waals surface area contributed by atoms with Gasteiger partial charge in [-0.25, -0.2) is 9.67 Å². The summed E-state index contributed by atoms with van der Waals surface area (Å²) in [4.78, 5) is 18.8. The number of rotatable bonds is 2. The minimum absolute atomic E-state index is 0.0380. The summed E-state index contributed by atoms with van der Waals surface area (Å²) < 4.78 is 1.59. The van der Waals surface area contributed by atoms with Crippen LogP contribution in [0.5, 0.6) is 0 Å². The van der Waals surface area contributed by atoms with Gasteiger partial charge in [0, 0.05) is 37.1 Å². The van der Waals surface area contributed by atoms with E-state index in [2.05, 4.69) is 10.1 Å². The first-order chi connectivity index (χ1) is 10.2. The van der Waals surface area contributed by atoms with Crippen LogP contribution in [0.15, 0.2) is 36.8 Å². The molecule has 1 spiro atoms. The summed E-state index contributed by atoms with van der Waals surface area (Å²) in [5, 5.41) is 14.3. The Morgan fingerprint density at radius 2 is 2.19 bits per heavy atom. The number of β-amino-alcohol motifs (C(OH)–C–C–N with tert-alkyl or cyclic N) is 1. The Morgan fingerprint density at radius 1 is 1.33 bits per heavy atom. The van der Waals surface area contributed by atoms with E-state index in [0.29, 0.717) is 24.5 Å². The standard InChI is InChI=1S/C15H16N4O2/c20-12-9-18(10-15(12)4-5-15)14(21)11-3-1-6-16-13(11)19-8-2-7-17-19/h1-3,6-8,12,20H,4-5,9-10H2. The molecule has 0 bridgehead atoms. The Kier molecular flexibility index (Phi) is 2.62. The highest BCUT2D eigenvalue weighted by atomic mass is 16.3. The predicted octanol–water partition coefficient (Wildman–Crippen LogP) is 0.864. The fourth-order valence-corrected chi connectivity index (χ4v) is 3.07. The number of nitrogens with zero attached hydrogens (tertiary/aromatic N) is 4. The summed E-state index contributed by atoms with van der Waals surface area (Å²) in [6.07, 6.45) is 6.69. The maximum atomic E-state index is 12.8. The number of aromatic nitrogens is 3. The van der Waals surface area contributed by atoms with Crippen LogP contribution in [0.1, 0.15) is 23.2 Å². The number of amides is 1. The smallest absolute Gasteiger partial charge is 0.257 e. The summed E-state index contributed by atoms with van der Waals surface area (Å²) in [6, 6.07) is 5.30. The van der Waals surface area contributed by atoms with Crippen LogP contribution in [0, 0.1) is 5.41 Å². The molecule has 1 N–H and O–H groups in total. The molecule has 1 unspecified atom stereocenters. The zero-order valence-electron chi connectivity index (χ0n) is 11.5. The first kappa shape index (κ1) is 12.5. The van der Waals surface area contributed by atoms with Crippen molar-refractivity contribution in [3.05, 3.63) is 42.4 Å². The summed E-state index contributed by atoms with van der Waals surface area (Å²) in [7, 11) is 0. The molecule has 1 aliphatic carbocycles. The fourth-order valence-electron chi connectivity index (χ4n) is 3.07. The number of carbonyl (C=O) groups is 1. The summed E-state index contributed by atoms with van der Waals surface area (Å²) >= 11 is 0. The molecule has 0 radical (unpaired) electrons. The number of hydrogen-bond acceptors (Lipinski definition) is 4. The first-order valence-electron chi connectivity index (χ1n) is 7.12. The van der Waals surface area contributed by atoms with Crippen molar-refractivity contribution in [3.8, 4) is 5.82 Å². The lowest BCUT2D eigenvalue weighted by molar-refractivity contribution is 0.0764. The fraction of sp³-hybridized carbons (Fsp3) is 0.400. The predicted molar refractivity (Wildman–Crippen MR) is 74.9 cm³/mol.